The van der Waals surface area contributed by atoms with Crippen LogP contribution >= 0.6 is 11.6 Å². The molecule has 2 aromatic rings. The molecule has 0 bridgehead atoms. The summed E-state index contributed by atoms with van der Waals surface area (Å²) in [4.78, 5) is 23.9. The summed E-state index contributed by atoms with van der Waals surface area (Å²) in [6.45, 7) is 0.00660. The van der Waals surface area contributed by atoms with Gasteiger partial charge < -0.3 is 10.6 Å². The fourth-order valence-electron chi connectivity index (χ4n) is 2.63. The van der Waals surface area contributed by atoms with Gasteiger partial charge in [0.1, 0.15) is 5.82 Å². The summed E-state index contributed by atoms with van der Waals surface area (Å²) in [5, 5.41) is 5.68. The Hall–Kier alpha value is -2.40. The van der Waals surface area contributed by atoms with Crippen LogP contribution in [0.15, 0.2) is 42.5 Å². The summed E-state index contributed by atoms with van der Waals surface area (Å²) < 4.78 is 13.7. The highest BCUT2D eigenvalue weighted by Crippen LogP contribution is 2.27. The van der Waals surface area contributed by atoms with Crippen LogP contribution in [0.5, 0.6) is 0 Å². The van der Waals surface area contributed by atoms with E-state index < -0.39 is 5.82 Å². The maximum atomic E-state index is 13.7. The highest BCUT2D eigenvalue weighted by atomic mass is 35.5. The molecular formula is C17H14ClFN2O2. The fraction of sp³-hybridized carbons (Fsp3) is 0.176. The molecule has 1 aliphatic heterocycles. The van der Waals surface area contributed by atoms with Crippen molar-refractivity contribution in [3.63, 3.8) is 0 Å². The van der Waals surface area contributed by atoms with Gasteiger partial charge in [0.2, 0.25) is 5.91 Å². The highest BCUT2D eigenvalue weighted by Gasteiger charge is 2.29. The molecule has 4 nitrogen and oxygen atoms in total. The Morgan fingerprint density at radius 3 is 2.78 bits per heavy atom. The van der Waals surface area contributed by atoms with Crippen molar-refractivity contribution in [3.05, 3.63) is 70.0 Å². The molecule has 0 saturated heterocycles. The molecule has 2 aromatic carbocycles. The second-order valence-electron chi connectivity index (χ2n) is 5.29. The van der Waals surface area contributed by atoms with Gasteiger partial charge in [-0.15, -0.1) is 0 Å². The van der Waals surface area contributed by atoms with Gasteiger partial charge in [0.25, 0.3) is 5.91 Å². The third-order valence-electron chi connectivity index (χ3n) is 3.80. The number of nitrogens with one attached hydrogen (secondary N) is 2. The summed E-state index contributed by atoms with van der Waals surface area (Å²) in [5.41, 5.74) is 1.64. The van der Waals surface area contributed by atoms with E-state index in [0.29, 0.717) is 5.56 Å². The number of carbonyl (C=O) groups is 2. The molecule has 3 rings (SSSR count). The first-order valence-electron chi connectivity index (χ1n) is 7.15. The molecule has 1 aliphatic rings. The molecular weight excluding hydrogens is 319 g/mol. The van der Waals surface area contributed by atoms with Crippen LogP contribution < -0.4 is 10.6 Å². The Bertz CT molecular complexity index is 759. The van der Waals surface area contributed by atoms with Gasteiger partial charge in [-0.1, -0.05) is 35.9 Å². The molecule has 0 radical (unpaired) electrons. The lowest BCUT2D eigenvalue weighted by Crippen LogP contribution is -2.29. The Balaban J connectivity index is 1.64. The van der Waals surface area contributed by atoms with E-state index in [1.165, 1.54) is 12.1 Å². The van der Waals surface area contributed by atoms with E-state index >= 15 is 0 Å². The molecule has 0 unspecified atom stereocenters. The molecule has 0 spiro atoms. The standard InChI is InChI=1S/C17H14ClFN2O2/c18-13-6-3-7-14(19)12(13)9-20-16(22)8-15-10-4-1-2-5-11(10)17(23)21-15/h1-7,15H,8-9H2,(H,20,22)(H,21,23)/t15-/m0/s1. The zero-order valence-corrected chi connectivity index (χ0v) is 12.9. The summed E-state index contributed by atoms with van der Waals surface area (Å²) in [6.07, 6.45) is 0.0921. The van der Waals surface area contributed by atoms with Gasteiger partial charge in [0.15, 0.2) is 0 Å². The number of hydrogen-bond donors (Lipinski definition) is 2. The SMILES string of the molecule is O=C(C[C@@H]1NC(=O)c2ccccc21)NCc1c(F)cccc1Cl. The van der Waals surface area contributed by atoms with Crippen molar-refractivity contribution in [2.24, 2.45) is 0 Å². The van der Waals surface area contributed by atoms with Gasteiger partial charge in [0.05, 0.1) is 12.5 Å². The third kappa shape index (κ3) is 3.19. The first kappa shape index (κ1) is 15.5. The van der Waals surface area contributed by atoms with E-state index in [1.54, 1.807) is 18.2 Å². The van der Waals surface area contributed by atoms with Gasteiger partial charge in [0, 0.05) is 22.7 Å². The second kappa shape index (κ2) is 6.38. The molecule has 0 fully saturated rings. The zero-order valence-electron chi connectivity index (χ0n) is 12.1. The Morgan fingerprint density at radius 1 is 1.22 bits per heavy atom. The normalized spacial score (nSPS) is 15.9. The fourth-order valence-corrected chi connectivity index (χ4v) is 2.86. The van der Waals surface area contributed by atoms with Crippen molar-refractivity contribution in [1.29, 1.82) is 0 Å². The van der Waals surface area contributed by atoms with Gasteiger partial charge in [-0.25, -0.2) is 4.39 Å². The molecule has 118 valence electrons. The van der Waals surface area contributed by atoms with Crippen LogP contribution in [-0.2, 0) is 11.3 Å². The summed E-state index contributed by atoms with van der Waals surface area (Å²) in [6, 6.07) is 11.1. The molecule has 2 N–H and O–H groups in total. The van der Waals surface area contributed by atoms with E-state index in [0.717, 1.165) is 5.56 Å². The highest BCUT2D eigenvalue weighted by molar-refractivity contribution is 6.31. The average Bonchev–Trinajstić information content (AvgIpc) is 2.83. The lowest BCUT2D eigenvalue weighted by atomic mass is 10.0. The van der Waals surface area contributed by atoms with Gasteiger partial charge in [-0.3, -0.25) is 9.59 Å². The van der Waals surface area contributed by atoms with Crippen LogP contribution in [0.4, 0.5) is 4.39 Å². The van der Waals surface area contributed by atoms with Gasteiger partial charge in [-0.05, 0) is 23.8 Å². The smallest absolute Gasteiger partial charge is 0.252 e. The quantitative estimate of drug-likeness (QED) is 0.904. The Labute approximate surface area is 137 Å². The van der Waals surface area contributed by atoms with Crippen molar-refractivity contribution in [3.8, 4) is 0 Å². The number of benzene rings is 2. The molecule has 0 saturated carbocycles. The van der Waals surface area contributed by atoms with Gasteiger partial charge in [-0.2, -0.15) is 0 Å². The number of rotatable bonds is 4. The third-order valence-corrected chi connectivity index (χ3v) is 4.15. The molecule has 0 aromatic heterocycles. The summed E-state index contributed by atoms with van der Waals surface area (Å²) in [7, 11) is 0. The largest absolute Gasteiger partial charge is 0.352 e. The van der Waals surface area contributed by atoms with E-state index in [9.17, 15) is 14.0 Å². The number of amides is 2. The zero-order chi connectivity index (χ0) is 16.4. The molecule has 6 heteroatoms. The van der Waals surface area contributed by atoms with Crippen LogP contribution in [-0.4, -0.2) is 11.8 Å². The maximum Gasteiger partial charge on any atom is 0.252 e. The minimum absolute atomic E-state index is 0.00660. The van der Waals surface area contributed by atoms with E-state index in [1.807, 2.05) is 12.1 Å². The topological polar surface area (TPSA) is 58.2 Å². The Kier molecular flexibility index (Phi) is 4.30. The predicted octanol–water partition coefficient (Wildman–Crippen LogP) is 2.97. The molecule has 1 heterocycles. The van der Waals surface area contributed by atoms with Crippen LogP contribution in [0.1, 0.15) is 33.9 Å². The monoisotopic (exact) mass is 332 g/mol. The van der Waals surface area contributed by atoms with Crippen molar-refractivity contribution in [1.82, 2.24) is 10.6 Å². The summed E-state index contributed by atoms with van der Waals surface area (Å²) in [5.74, 6) is -0.931. The van der Waals surface area contributed by atoms with Crippen molar-refractivity contribution in [2.75, 3.05) is 0 Å². The number of carbonyl (C=O) groups excluding carboxylic acids is 2. The lowest BCUT2D eigenvalue weighted by molar-refractivity contribution is -0.121. The second-order valence-corrected chi connectivity index (χ2v) is 5.70. The lowest BCUT2D eigenvalue weighted by Gasteiger charge is -2.12. The minimum Gasteiger partial charge on any atom is -0.352 e. The van der Waals surface area contributed by atoms with Crippen LogP contribution in [0.2, 0.25) is 5.02 Å². The van der Waals surface area contributed by atoms with E-state index in [-0.39, 0.29) is 41.4 Å². The van der Waals surface area contributed by atoms with Crippen LogP contribution in [0, 0.1) is 5.82 Å². The molecule has 1 atom stereocenters. The van der Waals surface area contributed by atoms with Crippen LogP contribution in [0.3, 0.4) is 0 Å². The predicted molar refractivity (Wildman–Crippen MR) is 84.5 cm³/mol. The van der Waals surface area contributed by atoms with E-state index in [4.69, 9.17) is 11.6 Å². The molecule has 0 aliphatic carbocycles. The first-order valence-corrected chi connectivity index (χ1v) is 7.53. The molecule has 2 amide bonds. The number of halogens is 2. The number of hydrogen-bond acceptors (Lipinski definition) is 2. The first-order chi connectivity index (χ1) is 11.1. The van der Waals surface area contributed by atoms with Crippen molar-refractivity contribution < 1.29 is 14.0 Å². The Morgan fingerprint density at radius 2 is 2.00 bits per heavy atom. The van der Waals surface area contributed by atoms with E-state index in [2.05, 4.69) is 10.6 Å². The minimum atomic E-state index is -0.461. The average molecular weight is 333 g/mol. The van der Waals surface area contributed by atoms with Gasteiger partial charge >= 0.3 is 0 Å². The van der Waals surface area contributed by atoms with Crippen LogP contribution in [0.25, 0.3) is 0 Å². The van der Waals surface area contributed by atoms with Crippen molar-refractivity contribution >= 4 is 23.4 Å². The van der Waals surface area contributed by atoms with Crippen molar-refractivity contribution in [2.45, 2.75) is 19.0 Å². The summed E-state index contributed by atoms with van der Waals surface area (Å²) >= 11 is 5.92. The number of fused-ring (bicyclic) bond motifs is 1. The maximum absolute atomic E-state index is 13.7. The molecule has 23 heavy (non-hydrogen) atoms.